The summed E-state index contributed by atoms with van der Waals surface area (Å²) in [5.41, 5.74) is 0.555. The molecule has 4 heteroatoms. The summed E-state index contributed by atoms with van der Waals surface area (Å²) in [7, 11) is 0. The van der Waals surface area contributed by atoms with Gasteiger partial charge in [-0.2, -0.15) is 0 Å². The van der Waals surface area contributed by atoms with Gasteiger partial charge >= 0.3 is 0 Å². The number of ether oxygens (including phenoxy) is 1. The minimum atomic E-state index is -0.0885. The van der Waals surface area contributed by atoms with Crippen LogP contribution in [0.2, 0.25) is 0 Å². The van der Waals surface area contributed by atoms with Crippen molar-refractivity contribution in [3.05, 3.63) is 18.1 Å². The van der Waals surface area contributed by atoms with E-state index in [1.807, 2.05) is 6.92 Å². The topological polar surface area (TPSA) is 55.2 Å². The number of hydrogen-bond donors (Lipinski definition) is 1. The Morgan fingerprint density at radius 2 is 2.00 bits per heavy atom. The highest BCUT2D eigenvalue weighted by Gasteiger charge is 2.07. The van der Waals surface area contributed by atoms with E-state index in [1.54, 1.807) is 6.20 Å². The van der Waals surface area contributed by atoms with E-state index >= 15 is 0 Å². The molecule has 1 unspecified atom stereocenters. The molecule has 0 fully saturated rings. The lowest BCUT2D eigenvalue weighted by Crippen LogP contribution is -2.15. The third-order valence-electron chi connectivity index (χ3n) is 1.97. The van der Waals surface area contributed by atoms with Gasteiger partial charge in [0.15, 0.2) is 0 Å². The third-order valence-corrected chi connectivity index (χ3v) is 1.97. The minimum absolute atomic E-state index is 0.0885. The Hall–Kier alpha value is -1.16. The van der Waals surface area contributed by atoms with E-state index < -0.39 is 0 Å². The van der Waals surface area contributed by atoms with Crippen LogP contribution in [-0.2, 0) is 6.61 Å². The molecule has 0 spiro atoms. The van der Waals surface area contributed by atoms with Crippen molar-refractivity contribution in [1.29, 1.82) is 0 Å². The van der Waals surface area contributed by atoms with E-state index in [0.717, 1.165) is 6.42 Å². The van der Waals surface area contributed by atoms with Crippen LogP contribution in [0.4, 0.5) is 0 Å². The molecule has 15 heavy (non-hydrogen) atoms. The first-order chi connectivity index (χ1) is 7.11. The van der Waals surface area contributed by atoms with Crippen LogP contribution in [0.15, 0.2) is 12.4 Å². The number of rotatable bonds is 5. The molecule has 0 aliphatic heterocycles. The van der Waals surface area contributed by atoms with Gasteiger partial charge in [-0.15, -0.1) is 0 Å². The molecule has 84 valence electrons. The molecule has 1 heterocycles. The number of hydrogen-bond acceptors (Lipinski definition) is 4. The first-order valence-corrected chi connectivity index (χ1v) is 5.20. The number of nitrogens with zero attached hydrogens (tertiary/aromatic N) is 2. The molecule has 0 amide bonds. The van der Waals surface area contributed by atoms with Gasteiger partial charge in [-0.05, 0) is 19.3 Å². The van der Waals surface area contributed by atoms with Crippen LogP contribution in [0.25, 0.3) is 0 Å². The van der Waals surface area contributed by atoms with Crippen LogP contribution in [0.5, 0.6) is 5.88 Å². The summed E-state index contributed by atoms with van der Waals surface area (Å²) >= 11 is 0. The highest BCUT2D eigenvalue weighted by atomic mass is 16.5. The van der Waals surface area contributed by atoms with E-state index in [1.165, 1.54) is 6.20 Å². The van der Waals surface area contributed by atoms with Gasteiger partial charge in [0.2, 0.25) is 5.88 Å². The summed E-state index contributed by atoms with van der Waals surface area (Å²) in [4.78, 5) is 8.04. The first kappa shape index (κ1) is 11.9. The molecule has 1 N–H and O–H groups in total. The van der Waals surface area contributed by atoms with Gasteiger partial charge in [0.1, 0.15) is 0 Å². The molecular weight excluding hydrogens is 192 g/mol. The van der Waals surface area contributed by atoms with Gasteiger partial charge in [-0.1, -0.05) is 13.8 Å². The standard InChI is InChI=1S/C11H18N2O2/c1-8(2)4-9(3)15-11-6-12-10(7-14)5-13-11/h5-6,8-9,14H,4,7H2,1-3H3. The van der Waals surface area contributed by atoms with Gasteiger partial charge in [0.05, 0.1) is 30.8 Å². The summed E-state index contributed by atoms with van der Waals surface area (Å²) in [6.07, 6.45) is 4.20. The zero-order valence-corrected chi connectivity index (χ0v) is 9.47. The minimum Gasteiger partial charge on any atom is -0.474 e. The molecule has 4 nitrogen and oxygen atoms in total. The highest BCUT2D eigenvalue weighted by molar-refractivity contribution is 5.06. The molecular formula is C11H18N2O2. The maximum atomic E-state index is 8.79. The quantitative estimate of drug-likeness (QED) is 0.805. The Morgan fingerprint density at radius 3 is 2.47 bits per heavy atom. The van der Waals surface area contributed by atoms with Crippen molar-refractivity contribution in [1.82, 2.24) is 9.97 Å². The average molecular weight is 210 g/mol. The van der Waals surface area contributed by atoms with Crippen molar-refractivity contribution >= 4 is 0 Å². The second-order valence-electron chi connectivity index (χ2n) is 4.06. The summed E-state index contributed by atoms with van der Waals surface area (Å²) in [5, 5.41) is 8.79. The van der Waals surface area contributed by atoms with E-state index in [-0.39, 0.29) is 12.7 Å². The number of aromatic nitrogens is 2. The van der Waals surface area contributed by atoms with Gasteiger partial charge in [0.25, 0.3) is 0 Å². The van der Waals surface area contributed by atoms with Crippen LogP contribution in [0.1, 0.15) is 32.9 Å². The second kappa shape index (κ2) is 5.66. The van der Waals surface area contributed by atoms with Crippen molar-refractivity contribution in [2.45, 2.75) is 39.9 Å². The number of aliphatic hydroxyl groups is 1. The van der Waals surface area contributed by atoms with Gasteiger partial charge < -0.3 is 9.84 Å². The van der Waals surface area contributed by atoms with E-state index in [9.17, 15) is 0 Å². The average Bonchev–Trinajstić information content (AvgIpc) is 2.17. The zero-order chi connectivity index (χ0) is 11.3. The van der Waals surface area contributed by atoms with Gasteiger partial charge in [-0.25, -0.2) is 4.98 Å². The maximum Gasteiger partial charge on any atom is 0.232 e. The molecule has 0 aliphatic carbocycles. The van der Waals surface area contributed by atoms with Crippen LogP contribution < -0.4 is 4.74 Å². The predicted octanol–water partition coefficient (Wildman–Crippen LogP) is 1.78. The molecule has 1 rings (SSSR count). The van der Waals surface area contributed by atoms with Crippen LogP contribution in [0.3, 0.4) is 0 Å². The SMILES string of the molecule is CC(C)CC(C)Oc1cnc(CO)cn1. The van der Waals surface area contributed by atoms with Gasteiger partial charge in [0, 0.05) is 0 Å². The molecule has 0 radical (unpaired) electrons. The Kier molecular flexibility index (Phi) is 4.49. The fourth-order valence-corrected chi connectivity index (χ4v) is 1.40. The summed E-state index contributed by atoms with van der Waals surface area (Å²) in [5.74, 6) is 1.12. The molecule has 0 saturated heterocycles. The molecule has 0 aromatic carbocycles. The van der Waals surface area contributed by atoms with Crippen LogP contribution in [0, 0.1) is 5.92 Å². The van der Waals surface area contributed by atoms with E-state index in [0.29, 0.717) is 17.5 Å². The van der Waals surface area contributed by atoms with Crippen LogP contribution in [-0.4, -0.2) is 21.2 Å². The second-order valence-corrected chi connectivity index (χ2v) is 4.06. The zero-order valence-electron chi connectivity index (χ0n) is 9.47. The monoisotopic (exact) mass is 210 g/mol. The van der Waals surface area contributed by atoms with Crippen molar-refractivity contribution in [2.75, 3.05) is 0 Å². The smallest absolute Gasteiger partial charge is 0.232 e. The summed E-state index contributed by atoms with van der Waals surface area (Å²) in [6.45, 7) is 6.23. The summed E-state index contributed by atoms with van der Waals surface area (Å²) < 4.78 is 5.57. The molecule has 1 aromatic heterocycles. The van der Waals surface area contributed by atoms with E-state index in [2.05, 4.69) is 23.8 Å². The van der Waals surface area contributed by atoms with E-state index in [4.69, 9.17) is 9.84 Å². The highest BCUT2D eigenvalue weighted by Crippen LogP contribution is 2.12. The van der Waals surface area contributed by atoms with Gasteiger partial charge in [-0.3, -0.25) is 4.98 Å². The maximum absolute atomic E-state index is 8.79. The van der Waals surface area contributed by atoms with Crippen LogP contribution >= 0.6 is 0 Å². The van der Waals surface area contributed by atoms with Crippen molar-refractivity contribution in [3.63, 3.8) is 0 Å². The third kappa shape index (κ3) is 4.25. The lowest BCUT2D eigenvalue weighted by molar-refractivity contribution is 0.184. The Bertz CT molecular complexity index is 285. The fourth-order valence-electron chi connectivity index (χ4n) is 1.40. The lowest BCUT2D eigenvalue weighted by atomic mass is 10.1. The Labute approximate surface area is 90.3 Å². The molecule has 1 aromatic rings. The predicted molar refractivity (Wildman–Crippen MR) is 57.5 cm³/mol. The largest absolute Gasteiger partial charge is 0.474 e. The van der Waals surface area contributed by atoms with Crippen molar-refractivity contribution < 1.29 is 9.84 Å². The molecule has 0 aliphatic rings. The first-order valence-electron chi connectivity index (χ1n) is 5.20. The Balaban J connectivity index is 2.49. The Morgan fingerprint density at radius 1 is 1.27 bits per heavy atom. The van der Waals surface area contributed by atoms with Crippen molar-refractivity contribution in [2.24, 2.45) is 5.92 Å². The lowest BCUT2D eigenvalue weighted by Gasteiger charge is -2.15. The molecule has 0 saturated carbocycles. The summed E-state index contributed by atoms with van der Waals surface area (Å²) in [6, 6.07) is 0. The fraction of sp³-hybridized carbons (Fsp3) is 0.636. The molecule has 0 bridgehead atoms. The number of aliphatic hydroxyl groups excluding tert-OH is 1. The van der Waals surface area contributed by atoms with Crippen molar-refractivity contribution in [3.8, 4) is 5.88 Å². The normalized spacial score (nSPS) is 12.9. The molecule has 1 atom stereocenters.